The molecule has 0 aliphatic carbocycles. The summed E-state index contributed by atoms with van der Waals surface area (Å²) in [5, 5.41) is 0.467. The third-order valence-corrected chi connectivity index (χ3v) is 5.51. The first kappa shape index (κ1) is 21.4. The predicted octanol–water partition coefficient (Wildman–Crippen LogP) is 5.88. The summed E-state index contributed by atoms with van der Waals surface area (Å²) in [5.41, 5.74) is 2.55. The van der Waals surface area contributed by atoms with Crippen molar-refractivity contribution < 1.29 is 19.0 Å². The molecule has 31 heavy (non-hydrogen) atoms. The second-order valence-electron chi connectivity index (χ2n) is 6.64. The first-order valence-electron chi connectivity index (χ1n) is 9.36. The fourth-order valence-corrected chi connectivity index (χ4v) is 3.66. The molecule has 3 aromatic carbocycles. The molecule has 0 spiro atoms. The van der Waals surface area contributed by atoms with Crippen molar-refractivity contribution in [3.05, 3.63) is 97.7 Å². The van der Waals surface area contributed by atoms with Crippen LogP contribution in [0, 0.1) is 3.57 Å². The van der Waals surface area contributed by atoms with Gasteiger partial charge < -0.3 is 14.2 Å². The van der Waals surface area contributed by atoms with Gasteiger partial charge in [-0.15, -0.1) is 0 Å². The van der Waals surface area contributed by atoms with E-state index in [0.29, 0.717) is 28.7 Å². The highest BCUT2D eigenvalue weighted by Gasteiger charge is 2.26. The molecule has 1 aliphatic heterocycles. The molecule has 0 fully saturated rings. The fourth-order valence-electron chi connectivity index (χ4n) is 2.97. The molecule has 4 rings (SSSR count). The van der Waals surface area contributed by atoms with Gasteiger partial charge in [-0.25, -0.2) is 9.79 Å². The van der Waals surface area contributed by atoms with Crippen molar-refractivity contribution in [2.24, 2.45) is 4.99 Å². The summed E-state index contributed by atoms with van der Waals surface area (Å²) >= 11 is 8.40. The molecule has 1 heterocycles. The van der Waals surface area contributed by atoms with Gasteiger partial charge in [0.1, 0.15) is 6.61 Å². The van der Waals surface area contributed by atoms with Crippen LogP contribution in [0.4, 0.5) is 0 Å². The van der Waals surface area contributed by atoms with E-state index in [0.717, 1.165) is 14.7 Å². The molecule has 0 radical (unpaired) electrons. The zero-order valence-electron chi connectivity index (χ0n) is 16.5. The predicted molar refractivity (Wildman–Crippen MR) is 129 cm³/mol. The summed E-state index contributed by atoms with van der Waals surface area (Å²) in [7, 11) is 1.57. The van der Waals surface area contributed by atoms with Gasteiger partial charge >= 0.3 is 5.97 Å². The van der Waals surface area contributed by atoms with E-state index in [1.807, 2.05) is 48.5 Å². The number of aliphatic imine (C=N–C) groups is 1. The van der Waals surface area contributed by atoms with Gasteiger partial charge in [-0.05, 0) is 70.1 Å². The van der Waals surface area contributed by atoms with Crippen LogP contribution >= 0.6 is 34.2 Å². The molecular formula is C24H17ClINO4. The van der Waals surface area contributed by atoms with Crippen molar-refractivity contribution >= 4 is 52.1 Å². The number of esters is 1. The first-order valence-corrected chi connectivity index (χ1v) is 10.8. The van der Waals surface area contributed by atoms with Gasteiger partial charge in [-0.3, -0.25) is 0 Å². The molecule has 0 bridgehead atoms. The lowest BCUT2D eigenvalue weighted by molar-refractivity contribution is -0.129. The van der Waals surface area contributed by atoms with Crippen LogP contribution in [-0.4, -0.2) is 19.0 Å². The van der Waals surface area contributed by atoms with Gasteiger partial charge in [-0.2, -0.15) is 0 Å². The van der Waals surface area contributed by atoms with Crippen molar-refractivity contribution in [3.8, 4) is 11.5 Å². The zero-order chi connectivity index (χ0) is 21.8. The van der Waals surface area contributed by atoms with Gasteiger partial charge in [0.05, 0.1) is 17.7 Å². The van der Waals surface area contributed by atoms with E-state index in [1.165, 1.54) is 0 Å². The van der Waals surface area contributed by atoms with Gasteiger partial charge in [0.15, 0.2) is 17.2 Å². The van der Waals surface area contributed by atoms with Crippen LogP contribution in [-0.2, 0) is 16.1 Å². The standard InChI is InChI=1S/C24H17ClINO4/c1-29-22-12-16(7-10-21(22)30-14-15-5-3-2-4-6-15)11-20-24(28)31-23(27-20)18-13-17(26)8-9-19(18)25/h2-13H,14H2,1H3/b20-11-. The van der Waals surface area contributed by atoms with Crippen LogP contribution in [0.1, 0.15) is 16.7 Å². The highest BCUT2D eigenvalue weighted by atomic mass is 127. The number of benzene rings is 3. The molecule has 0 N–H and O–H groups in total. The lowest BCUT2D eigenvalue weighted by Gasteiger charge is -2.11. The Labute approximate surface area is 198 Å². The van der Waals surface area contributed by atoms with E-state index in [-0.39, 0.29) is 11.6 Å². The highest BCUT2D eigenvalue weighted by molar-refractivity contribution is 14.1. The van der Waals surface area contributed by atoms with E-state index >= 15 is 0 Å². The SMILES string of the molecule is COc1cc(/C=C2\N=C(c3cc(I)ccc3Cl)OC2=O)ccc1OCc1ccccc1. The topological polar surface area (TPSA) is 57.1 Å². The molecule has 0 saturated heterocycles. The Hall–Kier alpha value is -2.84. The largest absolute Gasteiger partial charge is 0.493 e. The number of cyclic esters (lactones) is 1. The van der Waals surface area contributed by atoms with E-state index in [2.05, 4.69) is 27.6 Å². The van der Waals surface area contributed by atoms with Crippen LogP contribution in [0.25, 0.3) is 6.08 Å². The Morgan fingerprint density at radius 1 is 1.06 bits per heavy atom. The number of rotatable bonds is 6. The normalized spacial score (nSPS) is 14.4. The molecule has 0 aromatic heterocycles. The second kappa shape index (κ2) is 9.53. The van der Waals surface area contributed by atoms with Gasteiger partial charge in [0.25, 0.3) is 0 Å². The lowest BCUT2D eigenvalue weighted by Crippen LogP contribution is -2.06. The number of ether oxygens (including phenoxy) is 3. The van der Waals surface area contributed by atoms with Crippen LogP contribution < -0.4 is 9.47 Å². The van der Waals surface area contributed by atoms with Crippen LogP contribution in [0.5, 0.6) is 11.5 Å². The third-order valence-electron chi connectivity index (χ3n) is 4.51. The van der Waals surface area contributed by atoms with E-state index < -0.39 is 5.97 Å². The summed E-state index contributed by atoms with van der Waals surface area (Å²) in [6.45, 7) is 0.425. The molecule has 1 aliphatic rings. The van der Waals surface area contributed by atoms with E-state index in [1.54, 1.807) is 31.4 Å². The molecule has 0 unspecified atom stereocenters. The molecule has 7 heteroatoms. The van der Waals surface area contributed by atoms with Crippen LogP contribution in [0.3, 0.4) is 0 Å². The molecule has 0 atom stereocenters. The number of carbonyl (C=O) groups excluding carboxylic acids is 1. The second-order valence-corrected chi connectivity index (χ2v) is 8.30. The first-order chi connectivity index (χ1) is 15.0. The molecule has 0 amide bonds. The Morgan fingerprint density at radius 2 is 1.87 bits per heavy atom. The number of hydrogen-bond donors (Lipinski definition) is 0. The third kappa shape index (κ3) is 5.08. The Morgan fingerprint density at radius 3 is 2.65 bits per heavy atom. The molecule has 3 aromatic rings. The lowest BCUT2D eigenvalue weighted by atomic mass is 10.1. The summed E-state index contributed by atoms with van der Waals surface area (Å²) in [4.78, 5) is 16.7. The fraction of sp³-hybridized carbons (Fsp3) is 0.0833. The quantitative estimate of drug-likeness (QED) is 0.221. The maximum absolute atomic E-state index is 12.3. The molecule has 156 valence electrons. The average Bonchev–Trinajstić information content (AvgIpc) is 3.15. The number of halogens is 2. The van der Waals surface area contributed by atoms with Gasteiger partial charge in [0, 0.05) is 3.57 Å². The molecule has 0 saturated carbocycles. The number of hydrogen-bond acceptors (Lipinski definition) is 5. The smallest absolute Gasteiger partial charge is 0.363 e. The Kier molecular flexibility index (Phi) is 6.58. The van der Waals surface area contributed by atoms with Crippen LogP contribution in [0.2, 0.25) is 5.02 Å². The molecular weight excluding hydrogens is 529 g/mol. The van der Waals surface area contributed by atoms with Crippen molar-refractivity contribution in [2.75, 3.05) is 7.11 Å². The Bertz CT molecular complexity index is 1190. The van der Waals surface area contributed by atoms with Gasteiger partial charge in [-0.1, -0.05) is 48.0 Å². The number of nitrogens with zero attached hydrogens (tertiary/aromatic N) is 1. The van der Waals surface area contributed by atoms with Crippen LogP contribution in [0.15, 0.2) is 77.4 Å². The van der Waals surface area contributed by atoms with E-state index in [9.17, 15) is 4.79 Å². The Balaban J connectivity index is 1.57. The minimum atomic E-state index is -0.534. The zero-order valence-corrected chi connectivity index (χ0v) is 19.4. The summed E-state index contributed by atoms with van der Waals surface area (Å²) < 4.78 is 17.6. The number of carbonyl (C=O) groups is 1. The molecule has 5 nitrogen and oxygen atoms in total. The van der Waals surface area contributed by atoms with Crippen molar-refractivity contribution in [3.63, 3.8) is 0 Å². The average molecular weight is 546 g/mol. The van der Waals surface area contributed by atoms with E-state index in [4.69, 9.17) is 25.8 Å². The maximum Gasteiger partial charge on any atom is 0.363 e. The minimum absolute atomic E-state index is 0.185. The van der Waals surface area contributed by atoms with Gasteiger partial charge in [0.2, 0.25) is 5.90 Å². The minimum Gasteiger partial charge on any atom is -0.493 e. The summed E-state index contributed by atoms with van der Waals surface area (Å²) in [6, 6.07) is 20.7. The van der Waals surface area contributed by atoms with Crippen molar-refractivity contribution in [1.82, 2.24) is 0 Å². The maximum atomic E-state index is 12.3. The summed E-state index contributed by atoms with van der Waals surface area (Å²) in [6.07, 6.45) is 1.64. The van der Waals surface area contributed by atoms with Crippen molar-refractivity contribution in [2.45, 2.75) is 6.61 Å². The monoisotopic (exact) mass is 545 g/mol. The number of methoxy groups -OCH3 is 1. The summed E-state index contributed by atoms with van der Waals surface area (Å²) in [5.74, 6) is 0.821. The highest BCUT2D eigenvalue weighted by Crippen LogP contribution is 2.31. The van der Waals surface area contributed by atoms with Crippen molar-refractivity contribution in [1.29, 1.82) is 0 Å².